The maximum Gasteiger partial charge on any atom is 0.130 e. The number of hydrogen-bond acceptors (Lipinski definition) is 2. The first kappa shape index (κ1) is 9.76. The van der Waals surface area contributed by atoms with Gasteiger partial charge in [0.05, 0.1) is 0 Å². The Morgan fingerprint density at radius 3 is 2.42 bits per heavy atom. The van der Waals surface area contributed by atoms with Crippen molar-refractivity contribution in [1.29, 1.82) is 0 Å². The van der Waals surface area contributed by atoms with Gasteiger partial charge in [-0.05, 0) is 32.4 Å². The van der Waals surface area contributed by atoms with Crippen molar-refractivity contribution in [2.75, 3.05) is 13.3 Å². The van der Waals surface area contributed by atoms with Crippen LogP contribution in [0.4, 0.5) is 0 Å². The third-order valence-electron chi connectivity index (χ3n) is 1.53. The van der Waals surface area contributed by atoms with Gasteiger partial charge in [-0.1, -0.05) is 11.6 Å². The highest BCUT2D eigenvalue weighted by atomic mass is 35.5. The van der Waals surface area contributed by atoms with E-state index in [0.29, 0.717) is 5.15 Å². The second kappa shape index (κ2) is 3.20. The predicted octanol–water partition coefficient (Wildman–Crippen LogP) is 2.29. The van der Waals surface area contributed by atoms with E-state index in [1.54, 1.807) is 19.4 Å². The van der Waals surface area contributed by atoms with Crippen molar-refractivity contribution in [2.24, 2.45) is 0 Å². The Bertz CT molecular complexity index is 325. The summed E-state index contributed by atoms with van der Waals surface area (Å²) in [5.41, 5.74) is 0.807. The number of rotatable bonds is 1. The molecule has 0 saturated carbocycles. The molecule has 0 aliphatic rings. The first-order valence-corrected chi connectivity index (χ1v) is 6.57. The Morgan fingerprint density at radius 2 is 2.00 bits per heavy atom. The van der Waals surface area contributed by atoms with Gasteiger partial charge >= 0.3 is 0 Å². The fourth-order valence-corrected chi connectivity index (χ4v) is 2.18. The van der Waals surface area contributed by atoms with Crippen molar-refractivity contribution in [1.82, 2.24) is 4.98 Å². The number of aromatic nitrogens is 1. The highest BCUT2D eigenvalue weighted by Crippen LogP contribution is 2.34. The molecule has 0 aliphatic heterocycles. The summed E-state index contributed by atoms with van der Waals surface area (Å²) in [6.07, 6.45) is 0. The molecule has 1 aromatic heterocycles. The summed E-state index contributed by atoms with van der Waals surface area (Å²) < 4.78 is 11.6. The zero-order valence-electron chi connectivity index (χ0n) is 7.34. The van der Waals surface area contributed by atoms with E-state index in [2.05, 4.69) is 4.98 Å². The molecule has 0 aliphatic carbocycles. The van der Waals surface area contributed by atoms with Crippen LogP contribution < -0.4 is 5.30 Å². The number of pyridine rings is 1. The minimum atomic E-state index is -2.20. The smallest absolute Gasteiger partial charge is 0.130 e. The van der Waals surface area contributed by atoms with Crippen LogP contribution in [0.3, 0.4) is 0 Å². The molecule has 4 heteroatoms. The van der Waals surface area contributed by atoms with Gasteiger partial charge in [-0.2, -0.15) is 0 Å². The van der Waals surface area contributed by atoms with E-state index in [1.807, 2.05) is 13.0 Å². The second-order valence-electron chi connectivity index (χ2n) is 3.14. The Hall–Kier alpha value is -0.330. The molecule has 1 heterocycles. The zero-order chi connectivity index (χ0) is 9.35. The van der Waals surface area contributed by atoms with Crippen LogP contribution in [0, 0.1) is 6.92 Å². The molecule has 66 valence electrons. The summed E-state index contributed by atoms with van der Waals surface area (Å²) in [7, 11) is -2.20. The molecule has 0 amide bonds. The van der Waals surface area contributed by atoms with Crippen LogP contribution >= 0.6 is 18.7 Å². The van der Waals surface area contributed by atoms with Gasteiger partial charge in [0, 0.05) is 11.0 Å². The van der Waals surface area contributed by atoms with Crippen molar-refractivity contribution < 1.29 is 4.57 Å². The van der Waals surface area contributed by atoms with Crippen LogP contribution in [0.1, 0.15) is 5.69 Å². The number of hydrogen-bond donors (Lipinski definition) is 0. The fraction of sp³-hybridized carbons (Fsp3) is 0.375. The lowest BCUT2D eigenvalue weighted by atomic mass is 10.4. The summed E-state index contributed by atoms with van der Waals surface area (Å²) in [6, 6.07) is 3.47. The molecule has 1 rings (SSSR count). The molecule has 1 aromatic rings. The van der Waals surface area contributed by atoms with E-state index in [1.165, 1.54) is 0 Å². The lowest BCUT2D eigenvalue weighted by Gasteiger charge is -2.07. The quantitative estimate of drug-likeness (QED) is 0.518. The van der Waals surface area contributed by atoms with Gasteiger partial charge in [-0.25, -0.2) is 4.98 Å². The van der Waals surface area contributed by atoms with E-state index in [4.69, 9.17) is 11.6 Å². The van der Waals surface area contributed by atoms with Gasteiger partial charge in [-0.3, -0.25) is 0 Å². The summed E-state index contributed by atoms with van der Waals surface area (Å²) >= 11 is 5.72. The fourth-order valence-electron chi connectivity index (χ4n) is 0.922. The molecule has 0 aromatic carbocycles. The SMILES string of the molecule is Cc1cc(P(C)(C)=O)cc(Cl)n1. The predicted molar refractivity (Wildman–Crippen MR) is 53.1 cm³/mol. The van der Waals surface area contributed by atoms with Gasteiger partial charge in [0.2, 0.25) is 0 Å². The van der Waals surface area contributed by atoms with Crippen molar-refractivity contribution in [2.45, 2.75) is 6.92 Å². The van der Waals surface area contributed by atoms with Gasteiger partial charge in [0.25, 0.3) is 0 Å². The molecule has 0 radical (unpaired) electrons. The molecule has 2 nitrogen and oxygen atoms in total. The largest absolute Gasteiger partial charge is 0.319 e. The van der Waals surface area contributed by atoms with Crippen LogP contribution in [-0.4, -0.2) is 18.3 Å². The lowest BCUT2D eigenvalue weighted by Crippen LogP contribution is -2.04. The molecular weight excluding hydrogens is 193 g/mol. The molecular formula is C8H11ClNOP. The molecule has 0 N–H and O–H groups in total. The van der Waals surface area contributed by atoms with Crippen LogP contribution in [0.5, 0.6) is 0 Å². The standard InChI is InChI=1S/C8H11ClNOP/c1-6-4-7(12(2,3)11)5-8(9)10-6/h4-5H,1-3H3. The van der Waals surface area contributed by atoms with E-state index >= 15 is 0 Å². The number of aryl methyl sites for hydroxylation is 1. The Kier molecular flexibility index (Phi) is 2.60. The second-order valence-corrected chi connectivity index (χ2v) is 6.75. The summed E-state index contributed by atoms with van der Waals surface area (Å²) in [5.74, 6) is 0. The van der Waals surface area contributed by atoms with Crippen LogP contribution in [0.25, 0.3) is 0 Å². The Balaban J connectivity index is 3.27. The maximum atomic E-state index is 11.6. The Morgan fingerprint density at radius 1 is 1.42 bits per heavy atom. The maximum absolute atomic E-state index is 11.6. The van der Waals surface area contributed by atoms with Crippen molar-refractivity contribution in [3.05, 3.63) is 23.0 Å². The third-order valence-corrected chi connectivity index (χ3v) is 3.22. The number of nitrogens with zero attached hydrogens (tertiary/aromatic N) is 1. The molecule has 0 unspecified atom stereocenters. The highest BCUT2D eigenvalue weighted by Gasteiger charge is 2.12. The van der Waals surface area contributed by atoms with Gasteiger partial charge in [0.15, 0.2) is 0 Å². The van der Waals surface area contributed by atoms with Crippen LogP contribution in [-0.2, 0) is 4.57 Å². The summed E-state index contributed by atoms with van der Waals surface area (Å²) in [6.45, 7) is 5.28. The minimum Gasteiger partial charge on any atom is -0.319 e. The average Bonchev–Trinajstić information content (AvgIpc) is 1.82. The van der Waals surface area contributed by atoms with Crippen molar-refractivity contribution in [3.63, 3.8) is 0 Å². The average molecular weight is 204 g/mol. The number of halogens is 1. The Labute approximate surface area is 77.3 Å². The summed E-state index contributed by atoms with van der Waals surface area (Å²) in [5, 5.41) is 1.20. The monoisotopic (exact) mass is 203 g/mol. The van der Waals surface area contributed by atoms with E-state index in [0.717, 1.165) is 11.0 Å². The van der Waals surface area contributed by atoms with Crippen molar-refractivity contribution >= 4 is 24.0 Å². The summed E-state index contributed by atoms with van der Waals surface area (Å²) in [4.78, 5) is 3.99. The zero-order valence-corrected chi connectivity index (χ0v) is 8.99. The first-order valence-electron chi connectivity index (χ1n) is 3.59. The molecule has 0 saturated heterocycles. The molecule has 0 fully saturated rings. The topological polar surface area (TPSA) is 30.0 Å². The normalized spacial score (nSPS) is 11.7. The van der Waals surface area contributed by atoms with Crippen LogP contribution in [0.15, 0.2) is 12.1 Å². The van der Waals surface area contributed by atoms with E-state index in [9.17, 15) is 4.57 Å². The third kappa shape index (κ3) is 2.33. The molecule has 0 spiro atoms. The molecule has 0 bridgehead atoms. The molecule has 12 heavy (non-hydrogen) atoms. The van der Waals surface area contributed by atoms with E-state index in [-0.39, 0.29) is 0 Å². The van der Waals surface area contributed by atoms with Gasteiger partial charge < -0.3 is 4.57 Å². The lowest BCUT2D eigenvalue weighted by molar-refractivity contribution is 0.588. The highest BCUT2D eigenvalue weighted by molar-refractivity contribution is 7.70. The van der Waals surface area contributed by atoms with Gasteiger partial charge in [-0.15, -0.1) is 0 Å². The minimum absolute atomic E-state index is 0.411. The van der Waals surface area contributed by atoms with Crippen molar-refractivity contribution in [3.8, 4) is 0 Å². The van der Waals surface area contributed by atoms with Crippen LogP contribution in [0.2, 0.25) is 5.15 Å². The van der Waals surface area contributed by atoms with E-state index < -0.39 is 7.14 Å². The molecule has 0 atom stereocenters. The first-order chi connectivity index (χ1) is 5.39. The van der Waals surface area contributed by atoms with Gasteiger partial charge in [0.1, 0.15) is 12.3 Å².